The highest BCUT2D eigenvalue weighted by Gasteiger charge is 2.24. The fraction of sp³-hybridized carbons (Fsp3) is 0.526. The number of nitrogens with zero attached hydrogens (tertiary/aromatic N) is 4. The third-order valence-corrected chi connectivity index (χ3v) is 5.14. The van der Waals surface area contributed by atoms with Crippen LogP contribution in [0.15, 0.2) is 24.5 Å². The van der Waals surface area contributed by atoms with Gasteiger partial charge in [-0.1, -0.05) is 0 Å². The highest BCUT2D eigenvalue weighted by Crippen LogP contribution is 2.22. The lowest BCUT2D eigenvalue weighted by Crippen LogP contribution is -2.42. The van der Waals surface area contributed by atoms with Crippen molar-refractivity contribution in [3.8, 4) is 0 Å². The second-order valence-electron chi connectivity index (χ2n) is 7.08. The molecule has 4 heterocycles. The van der Waals surface area contributed by atoms with Gasteiger partial charge in [0, 0.05) is 44.5 Å². The first-order valence-corrected chi connectivity index (χ1v) is 9.24. The monoisotopic (exact) mass is 339 g/mol. The van der Waals surface area contributed by atoms with E-state index in [4.69, 9.17) is 0 Å². The minimum Gasteiger partial charge on any atom is -0.356 e. The topological polar surface area (TPSA) is 63.1 Å². The molecule has 4 rings (SSSR count). The maximum atomic E-state index is 12.9. The Kier molecular flexibility index (Phi) is 4.42. The molecule has 1 saturated heterocycles. The number of amides is 1. The van der Waals surface area contributed by atoms with Gasteiger partial charge in [0.15, 0.2) is 0 Å². The number of fused-ring (bicyclic) bond motifs is 1. The number of hydrogen-bond acceptors (Lipinski definition) is 4. The standard InChI is InChI=1S/C19H25N5O/c1-14-12-24-13-15(7-8-17(24)21-14)22-19(25)16-6-5-9-20-18(16)23-10-3-2-4-11-23/h5-6,9,12,15H,2-4,7-8,10-11,13H2,1H3,(H,22,25)/t15-/m0/s1. The zero-order valence-corrected chi connectivity index (χ0v) is 14.7. The minimum atomic E-state index is -0.0149. The van der Waals surface area contributed by atoms with E-state index in [1.807, 2.05) is 19.1 Å². The Morgan fingerprint density at radius 2 is 2.12 bits per heavy atom. The maximum absolute atomic E-state index is 12.9. The molecule has 0 unspecified atom stereocenters. The van der Waals surface area contributed by atoms with Crippen molar-refractivity contribution in [3.05, 3.63) is 41.6 Å². The second-order valence-corrected chi connectivity index (χ2v) is 7.08. The van der Waals surface area contributed by atoms with Gasteiger partial charge in [0.1, 0.15) is 11.6 Å². The molecule has 6 heteroatoms. The van der Waals surface area contributed by atoms with Crippen LogP contribution in [0.4, 0.5) is 5.82 Å². The molecular formula is C19H25N5O. The van der Waals surface area contributed by atoms with E-state index in [0.29, 0.717) is 5.56 Å². The zero-order valence-electron chi connectivity index (χ0n) is 14.7. The first kappa shape index (κ1) is 16.1. The third kappa shape index (κ3) is 3.38. The minimum absolute atomic E-state index is 0.0149. The lowest BCUT2D eigenvalue weighted by atomic mass is 10.1. The Hall–Kier alpha value is -2.37. The van der Waals surface area contributed by atoms with E-state index < -0.39 is 0 Å². The van der Waals surface area contributed by atoms with Crippen LogP contribution >= 0.6 is 0 Å². The summed E-state index contributed by atoms with van der Waals surface area (Å²) in [5, 5.41) is 3.21. The van der Waals surface area contributed by atoms with E-state index >= 15 is 0 Å². The normalized spacial score (nSPS) is 20.2. The van der Waals surface area contributed by atoms with Gasteiger partial charge in [0.25, 0.3) is 5.91 Å². The molecule has 0 aliphatic carbocycles. The van der Waals surface area contributed by atoms with Crippen LogP contribution in [0.5, 0.6) is 0 Å². The first-order valence-electron chi connectivity index (χ1n) is 9.24. The fourth-order valence-corrected chi connectivity index (χ4v) is 3.90. The van der Waals surface area contributed by atoms with Crippen molar-refractivity contribution in [1.82, 2.24) is 19.9 Å². The van der Waals surface area contributed by atoms with E-state index in [1.165, 1.54) is 19.3 Å². The van der Waals surface area contributed by atoms with Crippen LogP contribution in [0, 0.1) is 6.92 Å². The van der Waals surface area contributed by atoms with Crippen LogP contribution < -0.4 is 10.2 Å². The van der Waals surface area contributed by atoms with E-state index in [0.717, 1.165) is 49.8 Å². The van der Waals surface area contributed by atoms with Crippen molar-refractivity contribution < 1.29 is 4.79 Å². The van der Waals surface area contributed by atoms with E-state index in [9.17, 15) is 4.79 Å². The molecule has 1 amide bonds. The summed E-state index contributed by atoms with van der Waals surface area (Å²) >= 11 is 0. The summed E-state index contributed by atoms with van der Waals surface area (Å²) in [4.78, 5) is 24.2. The van der Waals surface area contributed by atoms with Crippen LogP contribution in [0.2, 0.25) is 0 Å². The number of piperidine rings is 1. The molecule has 2 aromatic heterocycles. The summed E-state index contributed by atoms with van der Waals surface area (Å²) in [7, 11) is 0. The smallest absolute Gasteiger partial charge is 0.255 e. The Morgan fingerprint density at radius 3 is 2.96 bits per heavy atom. The van der Waals surface area contributed by atoms with Crippen molar-refractivity contribution in [1.29, 1.82) is 0 Å². The number of carbonyl (C=O) groups excluding carboxylic acids is 1. The van der Waals surface area contributed by atoms with Gasteiger partial charge in [-0.25, -0.2) is 9.97 Å². The number of aromatic nitrogens is 3. The Balaban J connectivity index is 1.48. The number of hydrogen-bond donors (Lipinski definition) is 1. The van der Waals surface area contributed by atoms with Crippen LogP contribution in [0.3, 0.4) is 0 Å². The Labute approximate surface area is 148 Å². The molecule has 2 aliphatic heterocycles. The SMILES string of the molecule is Cc1cn2c(n1)CC[C@H](NC(=O)c1cccnc1N1CCCCC1)C2. The van der Waals surface area contributed by atoms with Crippen molar-refractivity contribution in [3.63, 3.8) is 0 Å². The third-order valence-electron chi connectivity index (χ3n) is 5.14. The second kappa shape index (κ2) is 6.86. The molecule has 2 aromatic rings. The number of pyridine rings is 1. The first-order chi connectivity index (χ1) is 12.2. The van der Waals surface area contributed by atoms with Crippen molar-refractivity contribution in [2.75, 3.05) is 18.0 Å². The number of rotatable bonds is 3. The van der Waals surface area contributed by atoms with E-state index in [1.54, 1.807) is 6.20 Å². The van der Waals surface area contributed by atoms with Gasteiger partial charge in [0.2, 0.25) is 0 Å². The van der Waals surface area contributed by atoms with Crippen LogP contribution in [0.25, 0.3) is 0 Å². The number of aryl methyl sites for hydroxylation is 2. The molecule has 0 saturated carbocycles. The molecule has 0 aromatic carbocycles. The fourth-order valence-electron chi connectivity index (χ4n) is 3.90. The highest BCUT2D eigenvalue weighted by atomic mass is 16.1. The van der Waals surface area contributed by atoms with Gasteiger partial charge in [0.05, 0.1) is 11.3 Å². The summed E-state index contributed by atoms with van der Waals surface area (Å²) < 4.78 is 2.17. The lowest BCUT2D eigenvalue weighted by Gasteiger charge is -2.30. The summed E-state index contributed by atoms with van der Waals surface area (Å²) in [6.07, 6.45) is 9.29. The van der Waals surface area contributed by atoms with Crippen molar-refractivity contribution in [2.24, 2.45) is 0 Å². The molecule has 1 N–H and O–H groups in total. The van der Waals surface area contributed by atoms with Gasteiger partial charge in [-0.15, -0.1) is 0 Å². The average Bonchev–Trinajstić information content (AvgIpc) is 3.02. The van der Waals surface area contributed by atoms with Crippen molar-refractivity contribution >= 4 is 11.7 Å². The molecule has 0 spiro atoms. The summed E-state index contributed by atoms with van der Waals surface area (Å²) in [6, 6.07) is 3.88. The van der Waals surface area contributed by atoms with Gasteiger partial charge < -0.3 is 14.8 Å². The Morgan fingerprint density at radius 1 is 1.28 bits per heavy atom. The van der Waals surface area contributed by atoms with Crippen molar-refractivity contribution in [2.45, 2.75) is 51.6 Å². The molecule has 0 radical (unpaired) electrons. The van der Waals surface area contributed by atoms with Crippen LogP contribution in [-0.2, 0) is 13.0 Å². The highest BCUT2D eigenvalue weighted by molar-refractivity contribution is 5.99. The van der Waals surface area contributed by atoms with Gasteiger partial charge in [-0.3, -0.25) is 4.79 Å². The molecular weight excluding hydrogens is 314 g/mol. The summed E-state index contributed by atoms with van der Waals surface area (Å²) in [5.74, 6) is 1.94. The van der Waals surface area contributed by atoms with Gasteiger partial charge in [-0.05, 0) is 44.7 Å². The van der Waals surface area contributed by atoms with Gasteiger partial charge >= 0.3 is 0 Å². The zero-order chi connectivity index (χ0) is 17.2. The number of imidazole rings is 1. The molecule has 1 fully saturated rings. The predicted octanol–water partition coefficient (Wildman–Crippen LogP) is 2.32. The number of nitrogens with one attached hydrogen (secondary N) is 1. The molecule has 6 nitrogen and oxygen atoms in total. The number of anilines is 1. The predicted molar refractivity (Wildman–Crippen MR) is 96.8 cm³/mol. The number of carbonyl (C=O) groups is 1. The maximum Gasteiger partial charge on any atom is 0.255 e. The summed E-state index contributed by atoms with van der Waals surface area (Å²) in [6.45, 7) is 4.78. The van der Waals surface area contributed by atoms with Crippen LogP contribution in [-0.4, -0.2) is 39.6 Å². The largest absolute Gasteiger partial charge is 0.356 e. The molecule has 132 valence electrons. The van der Waals surface area contributed by atoms with Gasteiger partial charge in [-0.2, -0.15) is 0 Å². The quantitative estimate of drug-likeness (QED) is 0.932. The molecule has 25 heavy (non-hydrogen) atoms. The molecule has 2 aliphatic rings. The average molecular weight is 339 g/mol. The summed E-state index contributed by atoms with van der Waals surface area (Å²) in [5.41, 5.74) is 1.73. The van der Waals surface area contributed by atoms with Crippen LogP contribution in [0.1, 0.15) is 47.6 Å². The van der Waals surface area contributed by atoms with E-state index in [2.05, 4.69) is 30.9 Å². The lowest BCUT2D eigenvalue weighted by molar-refractivity contribution is 0.0927. The Bertz CT molecular complexity index is 763. The molecule has 1 atom stereocenters. The van der Waals surface area contributed by atoms with E-state index in [-0.39, 0.29) is 11.9 Å². The molecule has 0 bridgehead atoms.